The summed E-state index contributed by atoms with van der Waals surface area (Å²) in [6, 6.07) is 2.94. The molecule has 1 aromatic rings. The van der Waals surface area contributed by atoms with Gasteiger partial charge in [-0.1, -0.05) is 23.8 Å². The molecule has 0 saturated carbocycles. The molecule has 0 atom stereocenters. The average molecular weight is 271 g/mol. The maximum absolute atomic E-state index is 11.5. The quantitative estimate of drug-likeness (QED) is 0.800. The van der Waals surface area contributed by atoms with Crippen molar-refractivity contribution in [2.75, 3.05) is 6.54 Å². The third kappa shape index (κ3) is 3.18. The second-order valence-electron chi connectivity index (χ2n) is 2.35. The van der Waals surface area contributed by atoms with E-state index < -0.39 is 10.0 Å². The number of nitrogens with two attached hydrogens (primary N) is 1. The van der Waals surface area contributed by atoms with Gasteiger partial charge in [-0.05, 0) is 12.1 Å². The fourth-order valence-corrected chi connectivity index (χ4v) is 3.38. The molecule has 0 aliphatic rings. The Morgan fingerprint density at radius 1 is 1.64 bits per heavy atom. The molecule has 3 N–H and O–H groups in total. The van der Waals surface area contributed by atoms with Crippen molar-refractivity contribution in [3.63, 3.8) is 0 Å². The molecule has 0 unspecified atom stereocenters. The van der Waals surface area contributed by atoms with Crippen LogP contribution < -0.4 is 10.5 Å². The second kappa shape index (κ2) is 4.54. The van der Waals surface area contributed by atoms with E-state index in [-0.39, 0.29) is 15.7 Å². The van der Waals surface area contributed by atoms with Crippen LogP contribution in [-0.4, -0.2) is 20.0 Å². The molecule has 0 aromatic carbocycles. The van der Waals surface area contributed by atoms with Crippen LogP contribution in [0.1, 0.15) is 0 Å². The van der Waals surface area contributed by atoms with Gasteiger partial charge in [-0.15, -0.1) is 11.3 Å². The molecule has 0 spiro atoms. The number of halogens is 1. The number of thiophene rings is 1. The molecule has 14 heavy (non-hydrogen) atoms. The van der Waals surface area contributed by atoms with E-state index in [1.165, 1.54) is 12.1 Å². The van der Waals surface area contributed by atoms with E-state index in [4.69, 9.17) is 17.3 Å². The zero-order valence-corrected chi connectivity index (χ0v) is 10.1. The lowest BCUT2D eigenvalue weighted by Gasteiger charge is -2.02. The molecule has 78 valence electrons. The molecule has 0 bridgehead atoms. The molecular formula is C6H7ClN2O2S3. The first-order chi connectivity index (χ1) is 6.42. The van der Waals surface area contributed by atoms with Crippen molar-refractivity contribution in [1.82, 2.24) is 4.72 Å². The Balaban J connectivity index is 2.81. The van der Waals surface area contributed by atoms with E-state index >= 15 is 0 Å². The lowest BCUT2D eigenvalue weighted by Crippen LogP contribution is -2.31. The van der Waals surface area contributed by atoms with E-state index in [2.05, 4.69) is 16.9 Å². The first-order valence-electron chi connectivity index (χ1n) is 3.45. The van der Waals surface area contributed by atoms with Crippen LogP contribution in [0.4, 0.5) is 0 Å². The third-order valence-corrected chi connectivity index (χ3v) is 4.52. The molecule has 0 aliphatic heterocycles. The minimum Gasteiger partial charge on any atom is -0.392 e. The minimum atomic E-state index is -3.52. The van der Waals surface area contributed by atoms with E-state index in [1.54, 1.807) is 0 Å². The largest absolute Gasteiger partial charge is 0.392 e. The van der Waals surface area contributed by atoms with E-state index in [0.29, 0.717) is 4.34 Å². The Bertz CT molecular complexity index is 440. The molecule has 0 fully saturated rings. The summed E-state index contributed by atoms with van der Waals surface area (Å²) in [6.07, 6.45) is 0. The second-order valence-corrected chi connectivity index (χ2v) is 6.58. The fourth-order valence-electron chi connectivity index (χ4n) is 0.679. The number of hydrogen-bond donors (Lipinski definition) is 2. The zero-order chi connectivity index (χ0) is 10.8. The van der Waals surface area contributed by atoms with Gasteiger partial charge in [-0.2, -0.15) is 0 Å². The number of nitrogens with one attached hydrogen (secondary N) is 1. The van der Waals surface area contributed by atoms with Crippen molar-refractivity contribution >= 4 is 50.2 Å². The molecule has 0 radical (unpaired) electrons. The van der Waals surface area contributed by atoms with Gasteiger partial charge in [0.1, 0.15) is 4.21 Å². The summed E-state index contributed by atoms with van der Waals surface area (Å²) in [6.45, 7) is -0.0484. The zero-order valence-electron chi connectivity index (χ0n) is 6.86. The van der Waals surface area contributed by atoms with Crippen LogP contribution in [0.2, 0.25) is 4.34 Å². The Morgan fingerprint density at radius 3 is 2.71 bits per heavy atom. The van der Waals surface area contributed by atoms with Crippen LogP contribution in [0, 0.1) is 0 Å². The smallest absolute Gasteiger partial charge is 0.250 e. The van der Waals surface area contributed by atoms with Crippen LogP contribution >= 0.6 is 35.2 Å². The molecule has 8 heteroatoms. The minimum absolute atomic E-state index is 0.0484. The van der Waals surface area contributed by atoms with Crippen molar-refractivity contribution in [2.24, 2.45) is 5.73 Å². The summed E-state index contributed by atoms with van der Waals surface area (Å²) in [5.74, 6) is 0. The highest BCUT2D eigenvalue weighted by Crippen LogP contribution is 2.24. The summed E-state index contributed by atoms with van der Waals surface area (Å²) < 4.78 is 25.8. The van der Waals surface area contributed by atoms with Gasteiger partial charge in [0.2, 0.25) is 10.0 Å². The SMILES string of the molecule is NC(=S)CNS(=O)(=O)c1ccc(Cl)s1. The molecule has 0 aliphatic carbocycles. The number of hydrogen-bond acceptors (Lipinski definition) is 4. The average Bonchev–Trinajstić information content (AvgIpc) is 2.49. The van der Waals surface area contributed by atoms with Crippen molar-refractivity contribution < 1.29 is 8.42 Å². The van der Waals surface area contributed by atoms with Crippen LogP contribution in [-0.2, 0) is 10.0 Å². The summed E-state index contributed by atoms with van der Waals surface area (Å²) in [5, 5.41) is 0. The topological polar surface area (TPSA) is 72.2 Å². The van der Waals surface area contributed by atoms with Gasteiger partial charge in [-0.3, -0.25) is 0 Å². The van der Waals surface area contributed by atoms with Gasteiger partial charge in [0, 0.05) is 0 Å². The predicted molar refractivity (Wildman–Crippen MR) is 61.3 cm³/mol. The van der Waals surface area contributed by atoms with Gasteiger partial charge in [0.25, 0.3) is 0 Å². The van der Waals surface area contributed by atoms with Gasteiger partial charge < -0.3 is 5.73 Å². The number of thiocarbonyl (C=S) groups is 1. The number of sulfonamides is 1. The van der Waals surface area contributed by atoms with E-state index in [0.717, 1.165) is 11.3 Å². The van der Waals surface area contributed by atoms with Crippen LogP contribution in [0.25, 0.3) is 0 Å². The Labute approximate surface area is 96.1 Å². The maximum atomic E-state index is 11.5. The van der Waals surface area contributed by atoms with Crippen molar-refractivity contribution in [3.8, 4) is 0 Å². The monoisotopic (exact) mass is 270 g/mol. The highest BCUT2D eigenvalue weighted by molar-refractivity contribution is 7.91. The summed E-state index contributed by atoms with van der Waals surface area (Å²) in [5.41, 5.74) is 5.16. The summed E-state index contributed by atoms with van der Waals surface area (Å²) in [4.78, 5) is 0.0937. The summed E-state index contributed by atoms with van der Waals surface area (Å²) in [7, 11) is -3.52. The van der Waals surface area contributed by atoms with Crippen molar-refractivity contribution in [2.45, 2.75) is 4.21 Å². The van der Waals surface area contributed by atoms with Gasteiger partial charge in [0.15, 0.2) is 0 Å². The van der Waals surface area contributed by atoms with Crippen LogP contribution in [0.15, 0.2) is 16.3 Å². The van der Waals surface area contributed by atoms with Crippen molar-refractivity contribution in [3.05, 3.63) is 16.5 Å². The molecule has 1 rings (SSSR count). The van der Waals surface area contributed by atoms with E-state index in [1.807, 2.05) is 0 Å². The first kappa shape index (κ1) is 11.9. The van der Waals surface area contributed by atoms with Gasteiger partial charge in [-0.25, -0.2) is 13.1 Å². The Hall–Kier alpha value is -0.210. The lowest BCUT2D eigenvalue weighted by molar-refractivity contribution is 0.588. The fraction of sp³-hybridized carbons (Fsp3) is 0.167. The predicted octanol–water partition coefficient (Wildman–Crippen LogP) is 0.966. The molecule has 1 heterocycles. The van der Waals surface area contributed by atoms with Crippen LogP contribution in [0.3, 0.4) is 0 Å². The van der Waals surface area contributed by atoms with Gasteiger partial charge >= 0.3 is 0 Å². The Morgan fingerprint density at radius 2 is 2.29 bits per heavy atom. The van der Waals surface area contributed by atoms with Gasteiger partial charge in [0.05, 0.1) is 15.9 Å². The summed E-state index contributed by atoms with van der Waals surface area (Å²) >= 11 is 11.1. The third-order valence-electron chi connectivity index (χ3n) is 1.25. The first-order valence-corrected chi connectivity index (χ1v) is 6.54. The van der Waals surface area contributed by atoms with E-state index in [9.17, 15) is 8.42 Å². The molecule has 0 amide bonds. The highest BCUT2D eigenvalue weighted by atomic mass is 35.5. The van der Waals surface area contributed by atoms with Crippen molar-refractivity contribution in [1.29, 1.82) is 0 Å². The molecule has 4 nitrogen and oxygen atoms in total. The lowest BCUT2D eigenvalue weighted by atomic mass is 10.7. The number of rotatable bonds is 4. The highest BCUT2D eigenvalue weighted by Gasteiger charge is 2.15. The Kier molecular flexibility index (Phi) is 3.85. The molecule has 0 saturated heterocycles. The standard InChI is InChI=1S/C6H7ClN2O2S3/c7-4-1-2-6(13-4)14(10,11)9-3-5(8)12/h1-2,9H,3H2,(H2,8,12). The molecular weight excluding hydrogens is 264 g/mol. The van der Waals surface area contributed by atoms with Crippen LogP contribution in [0.5, 0.6) is 0 Å². The maximum Gasteiger partial charge on any atom is 0.250 e. The molecule has 1 aromatic heterocycles. The normalized spacial score (nSPS) is 11.5.